The van der Waals surface area contributed by atoms with Crippen LogP contribution in [0.3, 0.4) is 0 Å². The Labute approximate surface area is 193 Å². The number of hydrogen-bond acceptors (Lipinski definition) is 2. The summed E-state index contributed by atoms with van der Waals surface area (Å²) < 4.78 is 13.0. The first kappa shape index (κ1) is 21.6. The van der Waals surface area contributed by atoms with Gasteiger partial charge in [0.15, 0.2) is 0 Å². The van der Waals surface area contributed by atoms with Gasteiger partial charge in [0.05, 0.1) is 10.6 Å². The summed E-state index contributed by atoms with van der Waals surface area (Å²) >= 11 is 18.3. The van der Waals surface area contributed by atoms with E-state index in [1.165, 1.54) is 36.4 Å². The first-order valence-corrected chi connectivity index (χ1v) is 10.6. The Bertz CT molecular complexity index is 1150. The van der Waals surface area contributed by atoms with Crippen molar-refractivity contribution in [3.63, 3.8) is 0 Å². The highest BCUT2D eigenvalue weighted by atomic mass is 35.5. The molecule has 2 N–H and O–H groups in total. The Balaban J connectivity index is 1.44. The highest BCUT2D eigenvalue weighted by Crippen LogP contribution is 2.49. The zero-order valence-corrected chi connectivity index (χ0v) is 18.2. The molecule has 4 rings (SSSR count). The summed E-state index contributed by atoms with van der Waals surface area (Å²) in [7, 11) is 0. The zero-order chi connectivity index (χ0) is 22.1. The lowest BCUT2D eigenvalue weighted by atomic mass is 10.1. The van der Waals surface area contributed by atoms with Gasteiger partial charge in [-0.2, -0.15) is 0 Å². The van der Waals surface area contributed by atoms with E-state index in [-0.39, 0.29) is 28.3 Å². The predicted octanol–water partition coefficient (Wildman–Crippen LogP) is 6.78. The zero-order valence-electron chi connectivity index (χ0n) is 16.0. The molecule has 3 aromatic carbocycles. The fourth-order valence-corrected chi connectivity index (χ4v) is 4.13. The van der Waals surface area contributed by atoms with Crippen molar-refractivity contribution in [3.05, 3.63) is 92.7 Å². The van der Waals surface area contributed by atoms with Gasteiger partial charge in [-0.25, -0.2) is 4.39 Å². The van der Waals surface area contributed by atoms with Crippen LogP contribution in [-0.4, -0.2) is 11.8 Å². The van der Waals surface area contributed by atoms with Crippen molar-refractivity contribution in [3.8, 4) is 0 Å². The molecule has 158 valence electrons. The van der Waals surface area contributed by atoms with Gasteiger partial charge in [0, 0.05) is 27.3 Å². The first-order chi connectivity index (χ1) is 14.8. The number of rotatable bonds is 5. The topological polar surface area (TPSA) is 58.2 Å². The molecular formula is C23H16Cl3FN2O2. The molecule has 0 aromatic heterocycles. The molecule has 2 atom stereocenters. The number of nitrogens with one attached hydrogen (secondary N) is 2. The Morgan fingerprint density at radius 3 is 2.16 bits per heavy atom. The van der Waals surface area contributed by atoms with E-state index in [0.29, 0.717) is 27.8 Å². The van der Waals surface area contributed by atoms with Gasteiger partial charge in [0.2, 0.25) is 5.91 Å². The fraction of sp³-hybridized carbons (Fsp3) is 0.130. The number of benzene rings is 3. The Morgan fingerprint density at radius 1 is 0.839 bits per heavy atom. The van der Waals surface area contributed by atoms with Gasteiger partial charge in [-0.3, -0.25) is 9.59 Å². The van der Waals surface area contributed by atoms with Crippen molar-refractivity contribution in [2.24, 2.45) is 5.92 Å². The van der Waals surface area contributed by atoms with Crippen LogP contribution in [-0.2, 0) is 4.79 Å². The number of carbonyl (C=O) groups is 2. The SMILES string of the molecule is O=C(Nc1ccc(F)cc1)c1cc(NC(=O)C2CC2c2cc(Cl)cc(Cl)c2)ccc1Cl. The average Bonchev–Trinajstić information content (AvgIpc) is 3.51. The summed E-state index contributed by atoms with van der Waals surface area (Å²) in [5, 5.41) is 6.78. The van der Waals surface area contributed by atoms with Gasteiger partial charge in [0.1, 0.15) is 5.82 Å². The Morgan fingerprint density at radius 2 is 1.48 bits per heavy atom. The molecule has 0 bridgehead atoms. The molecule has 2 amide bonds. The lowest BCUT2D eigenvalue weighted by Gasteiger charge is -2.10. The van der Waals surface area contributed by atoms with E-state index >= 15 is 0 Å². The minimum atomic E-state index is -0.467. The largest absolute Gasteiger partial charge is 0.326 e. The van der Waals surface area contributed by atoms with Crippen molar-refractivity contribution in [1.82, 2.24) is 0 Å². The second-order valence-electron chi connectivity index (χ2n) is 7.30. The summed E-state index contributed by atoms with van der Waals surface area (Å²) in [6.07, 6.45) is 0.688. The molecule has 1 fully saturated rings. The summed E-state index contributed by atoms with van der Waals surface area (Å²) in [5.74, 6) is -1.19. The van der Waals surface area contributed by atoms with Crippen LogP contribution in [0.15, 0.2) is 60.7 Å². The van der Waals surface area contributed by atoms with Crippen LogP contribution >= 0.6 is 34.8 Å². The van der Waals surface area contributed by atoms with E-state index in [1.54, 1.807) is 12.1 Å². The quantitative estimate of drug-likeness (QED) is 0.425. The number of anilines is 2. The molecule has 0 heterocycles. The molecule has 1 aliphatic carbocycles. The maximum absolute atomic E-state index is 13.0. The van der Waals surface area contributed by atoms with Crippen LogP contribution in [0.1, 0.15) is 28.3 Å². The lowest BCUT2D eigenvalue weighted by Crippen LogP contribution is -2.16. The Kier molecular flexibility index (Phi) is 6.19. The molecule has 0 saturated heterocycles. The molecule has 8 heteroatoms. The van der Waals surface area contributed by atoms with Gasteiger partial charge in [-0.1, -0.05) is 34.8 Å². The van der Waals surface area contributed by atoms with Crippen molar-refractivity contribution < 1.29 is 14.0 Å². The summed E-state index contributed by atoms with van der Waals surface area (Å²) in [5.41, 5.74) is 2.00. The third-order valence-corrected chi connectivity index (χ3v) is 5.79. The number of halogens is 4. The van der Waals surface area contributed by atoms with Gasteiger partial charge in [-0.15, -0.1) is 0 Å². The molecule has 1 aliphatic rings. The molecular weight excluding hydrogens is 462 g/mol. The lowest BCUT2D eigenvalue weighted by molar-refractivity contribution is -0.117. The smallest absolute Gasteiger partial charge is 0.257 e. The van der Waals surface area contributed by atoms with Crippen molar-refractivity contribution >= 4 is 58.0 Å². The van der Waals surface area contributed by atoms with E-state index in [1.807, 2.05) is 12.1 Å². The summed E-state index contributed by atoms with van der Waals surface area (Å²) in [6.45, 7) is 0. The minimum absolute atomic E-state index is 0.0461. The van der Waals surface area contributed by atoms with Gasteiger partial charge < -0.3 is 10.6 Å². The molecule has 0 aliphatic heterocycles. The van der Waals surface area contributed by atoms with Gasteiger partial charge >= 0.3 is 0 Å². The monoisotopic (exact) mass is 476 g/mol. The maximum atomic E-state index is 13.0. The van der Waals surface area contributed by atoms with E-state index in [2.05, 4.69) is 10.6 Å². The fourth-order valence-electron chi connectivity index (χ4n) is 3.39. The van der Waals surface area contributed by atoms with Gasteiger partial charge in [-0.05, 0) is 78.6 Å². The molecule has 0 radical (unpaired) electrons. The Hall–Kier alpha value is -2.60. The minimum Gasteiger partial charge on any atom is -0.326 e. The van der Waals surface area contributed by atoms with Crippen LogP contribution in [0, 0.1) is 11.7 Å². The van der Waals surface area contributed by atoms with Crippen LogP contribution in [0.5, 0.6) is 0 Å². The van der Waals surface area contributed by atoms with Crippen LogP contribution in [0.4, 0.5) is 15.8 Å². The summed E-state index contributed by atoms with van der Waals surface area (Å²) in [6, 6.07) is 15.3. The molecule has 3 aromatic rings. The third kappa shape index (κ3) is 5.18. The van der Waals surface area contributed by atoms with Crippen molar-refractivity contribution in [2.75, 3.05) is 10.6 Å². The number of hydrogen-bond donors (Lipinski definition) is 2. The molecule has 4 nitrogen and oxygen atoms in total. The van der Waals surface area contributed by atoms with Crippen molar-refractivity contribution in [1.29, 1.82) is 0 Å². The van der Waals surface area contributed by atoms with E-state index < -0.39 is 11.7 Å². The average molecular weight is 478 g/mol. The predicted molar refractivity (Wildman–Crippen MR) is 122 cm³/mol. The highest BCUT2D eigenvalue weighted by Gasteiger charge is 2.44. The van der Waals surface area contributed by atoms with Gasteiger partial charge in [0.25, 0.3) is 5.91 Å². The van der Waals surface area contributed by atoms with Crippen LogP contribution < -0.4 is 10.6 Å². The first-order valence-electron chi connectivity index (χ1n) is 9.43. The van der Waals surface area contributed by atoms with Crippen LogP contribution in [0.2, 0.25) is 15.1 Å². The van der Waals surface area contributed by atoms with E-state index in [0.717, 1.165) is 5.56 Å². The standard InChI is InChI=1S/C23H16Cl3FN2O2/c24-13-7-12(8-14(25)9-13)18-11-19(18)22(30)29-17-5-6-21(26)20(10-17)23(31)28-16-3-1-15(27)2-4-16/h1-10,18-19H,11H2,(H,28,31)(H,29,30). The van der Waals surface area contributed by atoms with Crippen LogP contribution in [0.25, 0.3) is 0 Å². The van der Waals surface area contributed by atoms with Crippen molar-refractivity contribution in [2.45, 2.75) is 12.3 Å². The second-order valence-corrected chi connectivity index (χ2v) is 8.58. The number of carbonyl (C=O) groups excluding carboxylic acids is 2. The number of amides is 2. The molecule has 2 unspecified atom stereocenters. The maximum Gasteiger partial charge on any atom is 0.257 e. The molecule has 1 saturated carbocycles. The second kappa shape index (κ2) is 8.87. The summed E-state index contributed by atoms with van der Waals surface area (Å²) in [4.78, 5) is 25.2. The normalized spacial score (nSPS) is 17.2. The molecule has 31 heavy (non-hydrogen) atoms. The molecule has 0 spiro atoms. The third-order valence-electron chi connectivity index (χ3n) is 5.02. The van der Waals surface area contributed by atoms with E-state index in [9.17, 15) is 14.0 Å². The van der Waals surface area contributed by atoms with E-state index in [4.69, 9.17) is 34.8 Å². The highest BCUT2D eigenvalue weighted by molar-refractivity contribution is 6.35.